The summed E-state index contributed by atoms with van der Waals surface area (Å²) in [4.78, 5) is 21.8. The van der Waals surface area contributed by atoms with Crippen molar-refractivity contribution in [3.05, 3.63) is 69.3 Å². The molecule has 2 aromatic rings. The summed E-state index contributed by atoms with van der Waals surface area (Å²) in [6.45, 7) is 1.92. The number of aryl methyl sites for hydroxylation is 1. The summed E-state index contributed by atoms with van der Waals surface area (Å²) >= 11 is 0. The molecule has 24 heavy (non-hydrogen) atoms. The van der Waals surface area contributed by atoms with Crippen LogP contribution < -0.4 is 0 Å². The lowest BCUT2D eigenvalue weighted by Gasteiger charge is -2.07. The SMILES string of the molecule is Cc1cccc(COC(=O)c2ccc(S(C)(=O)=O)c([N+](=O)[O-])c2)c1. The smallest absolute Gasteiger partial charge is 0.338 e. The van der Waals surface area contributed by atoms with Crippen LogP contribution in [0.4, 0.5) is 5.69 Å². The Kier molecular flexibility index (Phi) is 4.99. The minimum Gasteiger partial charge on any atom is -0.457 e. The van der Waals surface area contributed by atoms with E-state index in [1.807, 2.05) is 25.1 Å². The second kappa shape index (κ2) is 6.79. The van der Waals surface area contributed by atoms with Gasteiger partial charge < -0.3 is 4.74 Å². The van der Waals surface area contributed by atoms with Gasteiger partial charge in [-0.1, -0.05) is 29.8 Å². The molecule has 0 N–H and O–H groups in total. The highest BCUT2D eigenvalue weighted by molar-refractivity contribution is 7.90. The fraction of sp³-hybridized carbons (Fsp3) is 0.188. The van der Waals surface area contributed by atoms with Crippen LogP contribution in [-0.2, 0) is 21.2 Å². The number of rotatable bonds is 5. The molecule has 0 atom stereocenters. The van der Waals surface area contributed by atoms with Crippen molar-refractivity contribution >= 4 is 21.5 Å². The second-order valence-corrected chi connectivity index (χ2v) is 7.26. The Labute approximate surface area is 139 Å². The third-order valence-corrected chi connectivity index (χ3v) is 4.39. The first kappa shape index (κ1) is 17.6. The van der Waals surface area contributed by atoms with Crippen LogP contribution in [0.1, 0.15) is 21.5 Å². The monoisotopic (exact) mass is 349 g/mol. The molecule has 0 radical (unpaired) electrons. The third kappa shape index (κ3) is 4.17. The molecule has 0 aliphatic carbocycles. The number of nitro benzene ring substituents is 1. The summed E-state index contributed by atoms with van der Waals surface area (Å²) in [6.07, 6.45) is 0.866. The van der Waals surface area contributed by atoms with Crippen molar-refractivity contribution in [1.82, 2.24) is 0 Å². The second-order valence-electron chi connectivity index (χ2n) is 5.28. The quantitative estimate of drug-likeness (QED) is 0.467. The molecule has 0 aromatic heterocycles. The standard InChI is InChI=1S/C16H15NO6S/c1-11-4-3-5-12(8-11)10-23-16(18)13-6-7-15(24(2,21)22)14(9-13)17(19)20/h3-9H,10H2,1-2H3. The van der Waals surface area contributed by atoms with Crippen molar-refractivity contribution in [2.45, 2.75) is 18.4 Å². The van der Waals surface area contributed by atoms with Crippen LogP contribution in [0.2, 0.25) is 0 Å². The Morgan fingerprint density at radius 1 is 1.21 bits per heavy atom. The number of nitro groups is 1. The first-order valence-electron chi connectivity index (χ1n) is 6.89. The van der Waals surface area contributed by atoms with E-state index in [1.54, 1.807) is 6.07 Å². The van der Waals surface area contributed by atoms with E-state index in [1.165, 1.54) is 6.07 Å². The fourth-order valence-corrected chi connectivity index (χ4v) is 2.96. The van der Waals surface area contributed by atoms with E-state index < -0.39 is 31.3 Å². The van der Waals surface area contributed by atoms with Gasteiger partial charge >= 0.3 is 5.97 Å². The van der Waals surface area contributed by atoms with Gasteiger partial charge in [0.05, 0.1) is 10.5 Å². The van der Waals surface area contributed by atoms with Crippen LogP contribution >= 0.6 is 0 Å². The van der Waals surface area contributed by atoms with Crippen LogP contribution in [0.5, 0.6) is 0 Å². The summed E-state index contributed by atoms with van der Waals surface area (Å²) in [5.41, 5.74) is 1.06. The van der Waals surface area contributed by atoms with E-state index in [0.29, 0.717) is 0 Å². The summed E-state index contributed by atoms with van der Waals surface area (Å²) in [5.74, 6) is -0.764. The van der Waals surface area contributed by atoms with Gasteiger partial charge in [0.2, 0.25) is 0 Å². The number of esters is 1. The number of benzene rings is 2. The highest BCUT2D eigenvalue weighted by Gasteiger charge is 2.24. The van der Waals surface area contributed by atoms with Crippen molar-refractivity contribution in [2.24, 2.45) is 0 Å². The van der Waals surface area contributed by atoms with Crippen molar-refractivity contribution < 1.29 is 22.9 Å². The number of carbonyl (C=O) groups is 1. The molecule has 0 saturated heterocycles. The van der Waals surface area contributed by atoms with Crippen LogP contribution in [0.3, 0.4) is 0 Å². The summed E-state index contributed by atoms with van der Waals surface area (Å²) in [5, 5.41) is 11.0. The molecule has 0 fully saturated rings. The Morgan fingerprint density at radius 3 is 2.50 bits per heavy atom. The van der Waals surface area contributed by atoms with E-state index in [0.717, 1.165) is 29.5 Å². The van der Waals surface area contributed by atoms with E-state index in [9.17, 15) is 23.3 Å². The number of sulfone groups is 1. The lowest BCUT2D eigenvalue weighted by atomic mass is 10.1. The molecule has 0 aliphatic heterocycles. The molecule has 2 rings (SSSR count). The normalized spacial score (nSPS) is 11.1. The van der Waals surface area contributed by atoms with E-state index in [2.05, 4.69) is 0 Å². The molecule has 0 saturated carbocycles. The van der Waals surface area contributed by atoms with Gasteiger partial charge in [-0.3, -0.25) is 10.1 Å². The maximum atomic E-state index is 12.0. The molecular formula is C16H15NO6S. The zero-order valence-corrected chi connectivity index (χ0v) is 13.9. The molecular weight excluding hydrogens is 334 g/mol. The molecule has 126 valence electrons. The topological polar surface area (TPSA) is 104 Å². The molecule has 0 heterocycles. The largest absolute Gasteiger partial charge is 0.457 e. The van der Waals surface area contributed by atoms with Gasteiger partial charge in [0, 0.05) is 12.3 Å². The summed E-state index contributed by atoms with van der Waals surface area (Å²) in [6, 6.07) is 10.5. The zero-order valence-electron chi connectivity index (χ0n) is 13.1. The number of carbonyl (C=O) groups excluding carboxylic acids is 1. The highest BCUT2D eigenvalue weighted by atomic mass is 32.2. The first-order valence-corrected chi connectivity index (χ1v) is 8.79. The Balaban J connectivity index is 2.24. The van der Waals surface area contributed by atoms with Crippen molar-refractivity contribution in [2.75, 3.05) is 6.26 Å². The summed E-state index contributed by atoms with van der Waals surface area (Å²) < 4.78 is 28.2. The number of hydrogen-bond acceptors (Lipinski definition) is 6. The van der Waals surface area contributed by atoms with E-state index in [-0.39, 0.29) is 12.2 Å². The summed E-state index contributed by atoms with van der Waals surface area (Å²) in [7, 11) is -3.77. The van der Waals surface area contributed by atoms with Crippen molar-refractivity contribution in [3.8, 4) is 0 Å². The average Bonchev–Trinajstić information content (AvgIpc) is 2.51. The van der Waals surface area contributed by atoms with E-state index >= 15 is 0 Å². The minimum atomic E-state index is -3.77. The Hall–Kier alpha value is -2.74. The molecule has 0 unspecified atom stereocenters. The molecule has 0 spiro atoms. The van der Waals surface area contributed by atoms with Gasteiger partial charge in [-0.05, 0) is 24.6 Å². The van der Waals surface area contributed by atoms with Gasteiger partial charge in [0.1, 0.15) is 11.5 Å². The van der Waals surface area contributed by atoms with Crippen LogP contribution in [0, 0.1) is 17.0 Å². The Morgan fingerprint density at radius 2 is 1.92 bits per heavy atom. The number of nitrogens with zero attached hydrogens (tertiary/aromatic N) is 1. The lowest BCUT2D eigenvalue weighted by molar-refractivity contribution is -0.387. The predicted octanol–water partition coefficient (Wildman–Crippen LogP) is 2.66. The molecule has 7 nitrogen and oxygen atoms in total. The third-order valence-electron chi connectivity index (χ3n) is 3.24. The molecule has 0 aliphatic rings. The van der Waals surface area contributed by atoms with Gasteiger partial charge in [0.15, 0.2) is 9.84 Å². The van der Waals surface area contributed by atoms with Crippen molar-refractivity contribution in [3.63, 3.8) is 0 Å². The van der Waals surface area contributed by atoms with Crippen molar-refractivity contribution in [1.29, 1.82) is 0 Å². The maximum absolute atomic E-state index is 12.0. The van der Waals surface area contributed by atoms with Crippen LogP contribution in [0.15, 0.2) is 47.4 Å². The highest BCUT2D eigenvalue weighted by Crippen LogP contribution is 2.25. The van der Waals surface area contributed by atoms with Gasteiger partial charge in [-0.25, -0.2) is 13.2 Å². The Bertz CT molecular complexity index is 905. The maximum Gasteiger partial charge on any atom is 0.338 e. The predicted molar refractivity (Wildman–Crippen MR) is 86.5 cm³/mol. The number of hydrogen-bond donors (Lipinski definition) is 0. The molecule has 8 heteroatoms. The molecule has 0 bridgehead atoms. The van der Waals surface area contributed by atoms with Gasteiger partial charge in [0.25, 0.3) is 5.69 Å². The lowest BCUT2D eigenvalue weighted by Crippen LogP contribution is -2.08. The average molecular weight is 349 g/mol. The van der Waals surface area contributed by atoms with Gasteiger partial charge in [-0.2, -0.15) is 0 Å². The van der Waals surface area contributed by atoms with Crippen LogP contribution in [0.25, 0.3) is 0 Å². The zero-order chi connectivity index (χ0) is 17.9. The minimum absolute atomic E-state index is 0.0160. The first-order chi connectivity index (χ1) is 11.2. The fourth-order valence-electron chi connectivity index (χ4n) is 2.13. The van der Waals surface area contributed by atoms with E-state index in [4.69, 9.17) is 4.74 Å². The van der Waals surface area contributed by atoms with Gasteiger partial charge in [-0.15, -0.1) is 0 Å². The van der Waals surface area contributed by atoms with Crippen LogP contribution in [-0.4, -0.2) is 25.6 Å². The molecule has 2 aromatic carbocycles. The molecule has 0 amide bonds. The number of ether oxygens (including phenoxy) is 1.